The van der Waals surface area contributed by atoms with Gasteiger partial charge in [0.05, 0.1) is 13.2 Å². The van der Waals surface area contributed by atoms with Crippen molar-refractivity contribution in [1.82, 2.24) is 19.7 Å². The highest BCUT2D eigenvalue weighted by Crippen LogP contribution is 2.33. The molecule has 0 atom stereocenters. The Bertz CT molecular complexity index is 1020. The van der Waals surface area contributed by atoms with Crippen molar-refractivity contribution in [2.45, 2.75) is 26.7 Å². The fourth-order valence-corrected chi connectivity index (χ4v) is 4.51. The van der Waals surface area contributed by atoms with Gasteiger partial charge < -0.3 is 24.4 Å². The molecule has 1 aromatic heterocycles. The van der Waals surface area contributed by atoms with Crippen molar-refractivity contribution in [2.75, 3.05) is 52.5 Å². The van der Waals surface area contributed by atoms with Gasteiger partial charge in [-0.2, -0.15) is 0 Å². The molecule has 172 valence electrons. The van der Waals surface area contributed by atoms with E-state index in [4.69, 9.17) is 4.74 Å². The van der Waals surface area contributed by atoms with E-state index in [9.17, 15) is 24.0 Å². The van der Waals surface area contributed by atoms with E-state index in [0.29, 0.717) is 50.4 Å². The normalized spacial score (nSPS) is 20.7. The van der Waals surface area contributed by atoms with Crippen LogP contribution in [0.2, 0.25) is 0 Å². The first-order valence-corrected chi connectivity index (χ1v) is 10.9. The SMILES string of the molecule is CC1(C)CC(=O)c2cc(C(=O)N3CCN(C(=O)C(=O)N4CCOCC4)CC3)c(=O)[nH]c2C1. The van der Waals surface area contributed by atoms with Crippen molar-refractivity contribution >= 4 is 23.5 Å². The second kappa shape index (κ2) is 8.50. The van der Waals surface area contributed by atoms with Gasteiger partial charge in [-0.3, -0.25) is 24.0 Å². The van der Waals surface area contributed by atoms with E-state index < -0.39 is 23.3 Å². The number of ether oxygens (including phenoxy) is 1. The molecule has 0 unspecified atom stereocenters. The summed E-state index contributed by atoms with van der Waals surface area (Å²) in [5, 5.41) is 0. The first kappa shape index (κ1) is 22.2. The predicted molar refractivity (Wildman–Crippen MR) is 113 cm³/mol. The molecule has 4 rings (SSSR count). The average Bonchev–Trinajstić information content (AvgIpc) is 2.77. The quantitative estimate of drug-likeness (QED) is 0.593. The number of rotatable bonds is 1. The maximum absolute atomic E-state index is 13.0. The molecule has 1 aromatic rings. The summed E-state index contributed by atoms with van der Waals surface area (Å²) in [4.78, 5) is 70.2. The number of nitrogens with one attached hydrogen (secondary N) is 1. The number of carbonyl (C=O) groups excluding carboxylic acids is 4. The number of pyridine rings is 1. The molecule has 0 bridgehead atoms. The first-order chi connectivity index (χ1) is 15.2. The second-order valence-corrected chi connectivity index (χ2v) is 9.33. The Labute approximate surface area is 185 Å². The minimum Gasteiger partial charge on any atom is -0.378 e. The molecule has 3 aliphatic rings. The van der Waals surface area contributed by atoms with Gasteiger partial charge in [0.2, 0.25) is 0 Å². The fraction of sp³-hybridized carbons (Fsp3) is 0.591. The molecule has 0 radical (unpaired) electrons. The Hall–Kier alpha value is -3.01. The minimum absolute atomic E-state index is 0.0685. The number of Topliss-reactive ketones (excluding diaryl/α,β-unsaturated/α-hetero) is 1. The third-order valence-electron chi connectivity index (χ3n) is 6.28. The lowest BCUT2D eigenvalue weighted by Gasteiger charge is -2.36. The van der Waals surface area contributed by atoms with Crippen molar-refractivity contribution in [3.8, 4) is 0 Å². The van der Waals surface area contributed by atoms with Crippen molar-refractivity contribution in [3.63, 3.8) is 0 Å². The van der Waals surface area contributed by atoms with Gasteiger partial charge in [0.1, 0.15) is 5.56 Å². The largest absolute Gasteiger partial charge is 0.378 e. The van der Waals surface area contributed by atoms with Gasteiger partial charge in [0.25, 0.3) is 11.5 Å². The van der Waals surface area contributed by atoms with Crippen LogP contribution in [0.3, 0.4) is 0 Å². The summed E-state index contributed by atoms with van der Waals surface area (Å²) >= 11 is 0. The molecule has 1 N–H and O–H groups in total. The summed E-state index contributed by atoms with van der Waals surface area (Å²) in [5.41, 5.74) is 0.156. The van der Waals surface area contributed by atoms with Crippen LogP contribution in [0.25, 0.3) is 0 Å². The molecular weight excluding hydrogens is 416 g/mol. The number of ketones is 1. The number of hydrogen-bond donors (Lipinski definition) is 1. The number of nitrogens with zero attached hydrogens (tertiary/aromatic N) is 3. The Kier molecular flexibility index (Phi) is 5.89. The van der Waals surface area contributed by atoms with Crippen molar-refractivity contribution in [3.05, 3.63) is 33.2 Å². The Morgan fingerprint density at radius 2 is 1.44 bits per heavy atom. The van der Waals surface area contributed by atoms with Crippen LogP contribution in [0.4, 0.5) is 0 Å². The van der Waals surface area contributed by atoms with E-state index >= 15 is 0 Å². The Morgan fingerprint density at radius 1 is 0.875 bits per heavy atom. The number of fused-ring (bicyclic) bond motifs is 1. The van der Waals surface area contributed by atoms with Crippen molar-refractivity contribution in [1.29, 1.82) is 0 Å². The van der Waals surface area contributed by atoms with Gasteiger partial charge in [0.15, 0.2) is 5.78 Å². The molecule has 10 heteroatoms. The van der Waals surface area contributed by atoms with Crippen molar-refractivity contribution < 1.29 is 23.9 Å². The lowest BCUT2D eigenvalue weighted by atomic mass is 9.75. The van der Waals surface area contributed by atoms with Crippen LogP contribution in [0.15, 0.2) is 10.9 Å². The van der Waals surface area contributed by atoms with Crippen LogP contribution < -0.4 is 5.56 Å². The van der Waals surface area contributed by atoms with Crippen LogP contribution in [0, 0.1) is 5.41 Å². The van der Waals surface area contributed by atoms with Gasteiger partial charge in [-0.05, 0) is 17.9 Å². The summed E-state index contributed by atoms with van der Waals surface area (Å²) in [6.07, 6.45) is 0.924. The maximum Gasteiger partial charge on any atom is 0.312 e. The van der Waals surface area contributed by atoms with Gasteiger partial charge in [-0.1, -0.05) is 13.8 Å². The van der Waals surface area contributed by atoms with Crippen LogP contribution >= 0.6 is 0 Å². The predicted octanol–water partition coefficient (Wildman–Crippen LogP) is -0.327. The summed E-state index contributed by atoms with van der Waals surface area (Å²) in [6.45, 7) is 6.36. The number of H-pyrrole nitrogens is 1. The number of piperazine rings is 1. The van der Waals surface area contributed by atoms with Gasteiger partial charge >= 0.3 is 11.8 Å². The van der Waals surface area contributed by atoms with E-state index in [1.54, 1.807) is 0 Å². The van der Waals surface area contributed by atoms with Crippen LogP contribution in [0.5, 0.6) is 0 Å². The van der Waals surface area contributed by atoms with E-state index in [1.807, 2.05) is 13.8 Å². The lowest BCUT2D eigenvalue weighted by molar-refractivity contribution is -0.154. The highest BCUT2D eigenvalue weighted by atomic mass is 16.5. The second-order valence-electron chi connectivity index (χ2n) is 9.33. The summed E-state index contributed by atoms with van der Waals surface area (Å²) < 4.78 is 5.21. The number of aromatic nitrogens is 1. The molecule has 2 saturated heterocycles. The molecule has 2 fully saturated rings. The zero-order valence-electron chi connectivity index (χ0n) is 18.4. The number of aromatic amines is 1. The average molecular weight is 444 g/mol. The standard InChI is InChI=1S/C22H28N4O6/c1-22(2)12-16-14(17(27)13-22)11-15(18(28)23-16)19(29)24-3-5-25(6-4-24)20(30)21(31)26-7-9-32-10-8-26/h11H,3-10,12-13H2,1-2H3,(H,23,28). The molecule has 32 heavy (non-hydrogen) atoms. The molecule has 1 aliphatic carbocycles. The van der Waals surface area contributed by atoms with E-state index in [-0.39, 0.29) is 42.9 Å². The van der Waals surface area contributed by atoms with E-state index in [2.05, 4.69) is 4.98 Å². The molecule has 0 saturated carbocycles. The Balaban J connectivity index is 1.42. The molecule has 10 nitrogen and oxygen atoms in total. The Morgan fingerprint density at radius 3 is 2.06 bits per heavy atom. The summed E-state index contributed by atoms with van der Waals surface area (Å²) in [6, 6.07) is 1.41. The molecule has 3 heterocycles. The molecular formula is C22H28N4O6. The zero-order valence-corrected chi connectivity index (χ0v) is 18.4. The first-order valence-electron chi connectivity index (χ1n) is 10.9. The third-order valence-corrected chi connectivity index (χ3v) is 6.28. The number of carbonyl (C=O) groups is 4. The monoisotopic (exact) mass is 444 g/mol. The van der Waals surface area contributed by atoms with Crippen LogP contribution in [-0.2, 0) is 20.7 Å². The van der Waals surface area contributed by atoms with Crippen LogP contribution in [0.1, 0.15) is 46.7 Å². The molecule has 0 spiro atoms. The number of hydrogen-bond acceptors (Lipinski definition) is 6. The zero-order chi connectivity index (χ0) is 23.0. The smallest absolute Gasteiger partial charge is 0.312 e. The number of morpholine rings is 1. The minimum atomic E-state index is -0.584. The summed E-state index contributed by atoms with van der Waals surface area (Å²) in [7, 11) is 0. The number of amides is 3. The maximum atomic E-state index is 13.0. The highest BCUT2D eigenvalue weighted by Gasteiger charge is 2.35. The molecule has 2 aliphatic heterocycles. The van der Waals surface area contributed by atoms with Crippen molar-refractivity contribution in [2.24, 2.45) is 5.41 Å². The van der Waals surface area contributed by atoms with Gasteiger partial charge in [-0.25, -0.2) is 0 Å². The molecule has 0 aromatic carbocycles. The summed E-state index contributed by atoms with van der Waals surface area (Å²) in [5.74, 6) is -1.70. The highest BCUT2D eigenvalue weighted by molar-refractivity contribution is 6.35. The third kappa shape index (κ3) is 4.32. The fourth-order valence-electron chi connectivity index (χ4n) is 4.51. The lowest BCUT2D eigenvalue weighted by Crippen LogP contribution is -2.55. The van der Waals surface area contributed by atoms with Gasteiger partial charge in [0, 0.05) is 56.9 Å². The van der Waals surface area contributed by atoms with Gasteiger partial charge in [-0.15, -0.1) is 0 Å². The van der Waals surface area contributed by atoms with Crippen LogP contribution in [-0.4, -0.2) is 95.7 Å². The van der Waals surface area contributed by atoms with E-state index in [0.717, 1.165) is 0 Å². The van der Waals surface area contributed by atoms with E-state index in [1.165, 1.54) is 20.8 Å². The molecule has 3 amide bonds. The topological polar surface area (TPSA) is 120 Å².